The summed E-state index contributed by atoms with van der Waals surface area (Å²) in [6, 6.07) is 18.9. The molecule has 0 radical (unpaired) electrons. The Morgan fingerprint density at radius 3 is 1.74 bits per heavy atom. The second-order valence-corrected chi connectivity index (χ2v) is 9.55. The highest BCUT2D eigenvalue weighted by Crippen LogP contribution is 2.16. The van der Waals surface area contributed by atoms with E-state index in [2.05, 4.69) is 12.3 Å². The molecular formula is C28H40N2O4S. The Hall–Kier alpha value is -2.67. The molecule has 0 saturated heterocycles. The maximum absolute atomic E-state index is 12.7. The number of benzene rings is 2. The van der Waals surface area contributed by atoms with Crippen molar-refractivity contribution in [3.63, 3.8) is 0 Å². The molecule has 0 atom stereocenters. The maximum atomic E-state index is 12.7. The molecule has 0 aromatic heterocycles. The van der Waals surface area contributed by atoms with E-state index in [0.717, 1.165) is 28.4 Å². The van der Waals surface area contributed by atoms with Crippen LogP contribution in [0.25, 0.3) is 0 Å². The molecule has 0 saturated carbocycles. The SMILES string of the molecule is CCCCCCCCCCCCSN(NC(=O)OCc1ccccc1)C(=O)OCc1ccccc1. The Bertz CT molecular complexity index is 820. The first-order chi connectivity index (χ1) is 17.2. The number of amides is 2. The molecule has 0 aliphatic rings. The third-order valence-corrected chi connectivity index (χ3v) is 6.46. The van der Waals surface area contributed by atoms with Crippen molar-refractivity contribution in [1.29, 1.82) is 0 Å². The van der Waals surface area contributed by atoms with Crippen LogP contribution in [0.5, 0.6) is 0 Å². The van der Waals surface area contributed by atoms with Gasteiger partial charge in [-0.3, -0.25) is 0 Å². The first-order valence-corrected chi connectivity index (χ1v) is 13.7. The summed E-state index contributed by atoms with van der Waals surface area (Å²) in [5.74, 6) is 0.704. The molecule has 0 heterocycles. The average Bonchev–Trinajstić information content (AvgIpc) is 2.89. The van der Waals surface area contributed by atoms with Crippen molar-refractivity contribution in [2.24, 2.45) is 0 Å². The minimum absolute atomic E-state index is 0.128. The van der Waals surface area contributed by atoms with Gasteiger partial charge in [0.2, 0.25) is 0 Å². The van der Waals surface area contributed by atoms with E-state index in [1.807, 2.05) is 60.7 Å². The Morgan fingerprint density at radius 1 is 0.714 bits per heavy atom. The second-order valence-electron chi connectivity index (χ2n) is 8.52. The molecule has 0 bridgehead atoms. The van der Waals surface area contributed by atoms with E-state index in [1.54, 1.807) is 0 Å². The zero-order valence-electron chi connectivity index (χ0n) is 21.0. The molecule has 35 heavy (non-hydrogen) atoms. The highest BCUT2D eigenvalue weighted by Gasteiger charge is 2.20. The van der Waals surface area contributed by atoms with Crippen LogP contribution in [-0.4, -0.2) is 22.4 Å². The van der Waals surface area contributed by atoms with E-state index >= 15 is 0 Å². The van der Waals surface area contributed by atoms with Crippen LogP contribution in [0.15, 0.2) is 60.7 Å². The molecule has 2 aromatic carbocycles. The lowest BCUT2D eigenvalue weighted by Crippen LogP contribution is -2.42. The van der Waals surface area contributed by atoms with Crippen molar-refractivity contribution in [3.8, 4) is 0 Å². The molecule has 0 fully saturated rings. The van der Waals surface area contributed by atoms with Gasteiger partial charge >= 0.3 is 12.2 Å². The fourth-order valence-corrected chi connectivity index (χ4v) is 4.31. The largest absolute Gasteiger partial charge is 0.443 e. The summed E-state index contributed by atoms with van der Waals surface area (Å²) in [4.78, 5) is 25.0. The third kappa shape index (κ3) is 13.7. The van der Waals surface area contributed by atoms with E-state index < -0.39 is 12.2 Å². The molecule has 1 N–H and O–H groups in total. The summed E-state index contributed by atoms with van der Waals surface area (Å²) >= 11 is 1.24. The van der Waals surface area contributed by atoms with Crippen molar-refractivity contribution >= 4 is 24.1 Å². The first kappa shape index (κ1) is 28.6. The van der Waals surface area contributed by atoms with Crippen LogP contribution < -0.4 is 5.43 Å². The summed E-state index contributed by atoms with van der Waals surface area (Å²) in [7, 11) is 0. The van der Waals surface area contributed by atoms with Crippen LogP contribution in [0.2, 0.25) is 0 Å². The number of carbonyl (C=O) groups excluding carboxylic acids is 2. The van der Waals surface area contributed by atoms with Gasteiger partial charge in [0.05, 0.1) is 0 Å². The van der Waals surface area contributed by atoms with E-state index in [0.29, 0.717) is 5.75 Å². The van der Waals surface area contributed by atoms with Crippen LogP contribution in [0.3, 0.4) is 0 Å². The molecular weight excluding hydrogens is 460 g/mol. The van der Waals surface area contributed by atoms with Gasteiger partial charge in [0.15, 0.2) is 0 Å². The van der Waals surface area contributed by atoms with Gasteiger partial charge in [-0.05, 0) is 29.5 Å². The van der Waals surface area contributed by atoms with Crippen LogP contribution in [0.4, 0.5) is 9.59 Å². The molecule has 0 aliphatic carbocycles. The zero-order valence-corrected chi connectivity index (χ0v) is 21.8. The van der Waals surface area contributed by atoms with E-state index in [4.69, 9.17) is 9.47 Å². The molecule has 0 aliphatic heterocycles. The van der Waals surface area contributed by atoms with Crippen LogP contribution in [0.1, 0.15) is 82.3 Å². The minimum atomic E-state index is -0.693. The van der Waals surface area contributed by atoms with Gasteiger partial charge in [-0.1, -0.05) is 125 Å². The van der Waals surface area contributed by atoms with Crippen LogP contribution in [-0.2, 0) is 22.7 Å². The fraction of sp³-hybridized carbons (Fsp3) is 0.500. The van der Waals surface area contributed by atoms with Gasteiger partial charge in [-0.2, -0.15) is 4.41 Å². The van der Waals surface area contributed by atoms with E-state index in [1.165, 1.54) is 63.3 Å². The Morgan fingerprint density at radius 2 is 1.20 bits per heavy atom. The molecule has 2 aromatic rings. The van der Waals surface area contributed by atoms with Crippen molar-refractivity contribution < 1.29 is 19.1 Å². The summed E-state index contributed by atoms with van der Waals surface area (Å²) < 4.78 is 11.8. The molecule has 7 heteroatoms. The van der Waals surface area contributed by atoms with Gasteiger partial charge in [0, 0.05) is 5.75 Å². The van der Waals surface area contributed by atoms with Crippen LogP contribution in [0, 0.1) is 0 Å². The molecule has 2 amide bonds. The normalized spacial score (nSPS) is 10.5. The Kier molecular flexibility index (Phi) is 15.2. The Labute approximate surface area is 214 Å². The van der Waals surface area contributed by atoms with Crippen molar-refractivity contribution in [2.45, 2.75) is 84.3 Å². The number of nitrogens with zero attached hydrogens (tertiary/aromatic N) is 1. The predicted octanol–water partition coefficient (Wildman–Crippen LogP) is 8.04. The highest BCUT2D eigenvalue weighted by molar-refractivity contribution is 7.97. The number of rotatable bonds is 16. The van der Waals surface area contributed by atoms with Gasteiger partial charge in [0.1, 0.15) is 13.2 Å². The third-order valence-electron chi connectivity index (χ3n) is 5.49. The number of hydrogen-bond donors (Lipinski definition) is 1. The van der Waals surface area contributed by atoms with Gasteiger partial charge < -0.3 is 9.47 Å². The lowest BCUT2D eigenvalue weighted by atomic mass is 10.1. The molecule has 0 unspecified atom stereocenters. The Balaban J connectivity index is 1.71. The lowest BCUT2D eigenvalue weighted by Gasteiger charge is -2.21. The summed E-state index contributed by atoms with van der Waals surface area (Å²) in [5, 5.41) is 0. The van der Waals surface area contributed by atoms with Gasteiger partial charge in [0.25, 0.3) is 0 Å². The maximum Gasteiger partial charge on any atom is 0.439 e. The number of ether oxygens (including phenoxy) is 2. The van der Waals surface area contributed by atoms with Crippen molar-refractivity contribution in [3.05, 3.63) is 71.8 Å². The summed E-state index contributed by atoms with van der Waals surface area (Å²) in [5.41, 5.74) is 4.28. The number of carbonyl (C=O) groups is 2. The smallest absolute Gasteiger partial charge is 0.439 e. The zero-order chi connectivity index (χ0) is 25.0. The van der Waals surface area contributed by atoms with Gasteiger partial charge in [-0.25, -0.2) is 15.0 Å². The molecule has 0 spiro atoms. The number of unbranched alkanes of at least 4 members (excludes halogenated alkanes) is 9. The summed E-state index contributed by atoms with van der Waals surface area (Å²) in [6.07, 6.45) is 11.1. The standard InChI is InChI=1S/C28H40N2O4S/c1-2-3-4-5-6-7-8-9-10-17-22-35-30(28(32)34-24-26-20-15-12-16-21-26)29-27(31)33-23-25-18-13-11-14-19-25/h11-16,18-21H,2-10,17,22-24H2,1H3,(H,29,31). The quantitative estimate of drug-likeness (QED) is 0.143. The molecule has 192 valence electrons. The van der Waals surface area contributed by atoms with E-state index in [9.17, 15) is 9.59 Å². The number of nitrogens with one attached hydrogen (secondary N) is 1. The predicted molar refractivity (Wildman–Crippen MR) is 143 cm³/mol. The van der Waals surface area contributed by atoms with E-state index in [-0.39, 0.29) is 13.2 Å². The summed E-state index contributed by atoms with van der Waals surface area (Å²) in [6.45, 7) is 2.50. The van der Waals surface area contributed by atoms with Gasteiger partial charge in [-0.15, -0.1) is 0 Å². The number of hydrogen-bond acceptors (Lipinski definition) is 5. The van der Waals surface area contributed by atoms with Crippen molar-refractivity contribution in [1.82, 2.24) is 9.84 Å². The fourth-order valence-electron chi connectivity index (χ4n) is 3.49. The number of hydrazine groups is 1. The molecule has 2 rings (SSSR count). The first-order valence-electron chi connectivity index (χ1n) is 12.8. The monoisotopic (exact) mass is 500 g/mol. The minimum Gasteiger partial charge on any atom is -0.443 e. The topological polar surface area (TPSA) is 67.9 Å². The second kappa shape index (κ2) is 18.6. The highest BCUT2D eigenvalue weighted by atomic mass is 32.2. The van der Waals surface area contributed by atoms with Crippen molar-refractivity contribution in [2.75, 3.05) is 5.75 Å². The lowest BCUT2D eigenvalue weighted by molar-refractivity contribution is 0.0949. The van der Waals surface area contributed by atoms with Crippen LogP contribution >= 0.6 is 11.9 Å². The average molecular weight is 501 g/mol. The molecule has 6 nitrogen and oxygen atoms in total.